The number of amidine groups is 1. The Morgan fingerprint density at radius 2 is 1.83 bits per heavy atom. The number of alkyl halides is 3. The molecular weight excluding hydrogens is 251 g/mol. The van der Waals surface area contributed by atoms with E-state index in [-0.39, 0.29) is 12.4 Å². The predicted molar refractivity (Wildman–Crippen MR) is 61.7 cm³/mol. The van der Waals surface area contributed by atoms with Crippen LogP contribution in [0.4, 0.5) is 13.2 Å². The molecule has 0 aliphatic heterocycles. The molecule has 0 saturated heterocycles. The lowest BCUT2D eigenvalue weighted by molar-refractivity contribution is -0.174. The van der Waals surface area contributed by atoms with Crippen molar-refractivity contribution in [2.75, 3.05) is 46.6 Å². The summed E-state index contributed by atoms with van der Waals surface area (Å²) in [6, 6.07) is 0. The minimum absolute atomic E-state index is 0.0128. The van der Waals surface area contributed by atoms with Crippen LogP contribution in [0.5, 0.6) is 0 Å². The van der Waals surface area contributed by atoms with Gasteiger partial charge in [-0.1, -0.05) is 0 Å². The highest BCUT2D eigenvalue weighted by Crippen LogP contribution is 2.14. The third-order valence-electron chi connectivity index (χ3n) is 2.13. The SMILES string of the molecule is COCCN(CCOCC(F)(F)F)CCC(=N)N. The Labute approximate surface area is 105 Å². The van der Waals surface area contributed by atoms with Crippen LogP contribution < -0.4 is 5.73 Å². The Hall–Kier alpha value is -0.860. The van der Waals surface area contributed by atoms with Crippen molar-refractivity contribution < 1.29 is 22.6 Å². The van der Waals surface area contributed by atoms with Crippen LogP contribution in [0.2, 0.25) is 0 Å². The number of rotatable bonds is 10. The van der Waals surface area contributed by atoms with Gasteiger partial charge >= 0.3 is 6.18 Å². The van der Waals surface area contributed by atoms with Gasteiger partial charge in [0.25, 0.3) is 0 Å². The van der Waals surface area contributed by atoms with Crippen LogP contribution in [0.15, 0.2) is 0 Å². The van der Waals surface area contributed by atoms with Crippen LogP contribution in [0, 0.1) is 5.41 Å². The maximum absolute atomic E-state index is 11.8. The number of nitrogens with zero attached hydrogens (tertiary/aromatic N) is 1. The molecular formula is C10H20F3N3O2. The number of hydrogen-bond donors (Lipinski definition) is 2. The van der Waals surface area contributed by atoms with E-state index >= 15 is 0 Å². The van der Waals surface area contributed by atoms with Crippen molar-refractivity contribution in [3.05, 3.63) is 0 Å². The Morgan fingerprint density at radius 3 is 2.33 bits per heavy atom. The lowest BCUT2D eigenvalue weighted by Gasteiger charge is -2.21. The molecule has 0 fully saturated rings. The van der Waals surface area contributed by atoms with E-state index in [1.54, 1.807) is 7.11 Å². The molecule has 18 heavy (non-hydrogen) atoms. The summed E-state index contributed by atoms with van der Waals surface area (Å²) < 4.78 is 44.9. The van der Waals surface area contributed by atoms with E-state index in [1.807, 2.05) is 4.90 Å². The third kappa shape index (κ3) is 11.6. The van der Waals surface area contributed by atoms with E-state index in [0.29, 0.717) is 32.7 Å². The second-order valence-electron chi connectivity index (χ2n) is 3.78. The minimum atomic E-state index is -4.29. The molecule has 0 spiro atoms. The standard InChI is InChI=1S/C10H20F3N3O2/c1-17-6-4-16(3-2-9(14)15)5-7-18-8-10(11,12)13/h2-8H2,1H3,(H3,14,15). The third-order valence-corrected chi connectivity index (χ3v) is 2.13. The van der Waals surface area contributed by atoms with Gasteiger partial charge in [-0.05, 0) is 0 Å². The average molecular weight is 271 g/mol. The highest BCUT2D eigenvalue weighted by Gasteiger charge is 2.27. The summed E-state index contributed by atoms with van der Waals surface area (Å²) in [6.45, 7) is 0.649. The summed E-state index contributed by atoms with van der Waals surface area (Å²) >= 11 is 0. The summed E-state index contributed by atoms with van der Waals surface area (Å²) in [7, 11) is 1.54. The fraction of sp³-hybridized carbons (Fsp3) is 0.900. The van der Waals surface area contributed by atoms with Gasteiger partial charge in [-0.3, -0.25) is 10.3 Å². The van der Waals surface area contributed by atoms with Gasteiger partial charge in [-0.25, -0.2) is 0 Å². The van der Waals surface area contributed by atoms with Gasteiger partial charge in [-0.2, -0.15) is 13.2 Å². The van der Waals surface area contributed by atoms with Crippen LogP contribution in [0.3, 0.4) is 0 Å². The molecule has 0 radical (unpaired) electrons. The summed E-state index contributed by atoms with van der Waals surface area (Å²) in [6.07, 6.45) is -3.92. The van der Waals surface area contributed by atoms with Crippen LogP contribution >= 0.6 is 0 Å². The van der Waals surface area contributed by atoms with E-state index in [9.17, 15) is 13.2 Å². The van der Waals surface area contributed by atoms with Crippen molar-refractivity contribution in [3.63, 3.8) is 0 Å². The monoisotopic (exact) mass is 271 g/mol. The highest BCUT2D eigenvalue weighted by molar-refractivity contribution is 5.76. The molecule has 0 amide bonds. The number of hydrogen-bond acceptors (Lipinski definition) is 4. The fourth-order valence-corrected chi connectivity index (χ4v) is 1.22. The largest absolute Gasteiger partial charge is 0.411 e. The van der Waals surface area contributed by atoms with Gasteiger partial charge in [0.15, 0.2) is 0 Å². The van der Waals surface area contributed by atoms with Crippen molar-refractivity contribution in [3.8, 4) is 0 Å². The molecule has 0 saturated carbocycles. The van der Waals surface area contributed by atoms with E-state index < -0.39 is 12.8 Å². The molecule has 0 aromatic carbocycles. The Bertz CT molecular complexity index is 237. The first-order valence-electron chi connectivity index (χ1n) is 5.54. The van der Waals surface area contributed by atoms with Crippen LogP contribution in [0.1, 0.15) is 6.42 Å². The maximum Gasteiger partial charge on any atom is 0.411 e. The molecule has 0 aromatic heterocycles. The first kappa shape index (κ1) is 17.1. The van der Waals surface area contributed by atoms with Crippen molar-refractivity contribution in [1.82, 2.24) is 4.90 Å². The Morgan fingerprint density at radius 1 is 1.22 bits per heavy atom. The predicted octanol–water partition coefficient (Wildman–Crippen LogP) is 0.840. The van der Waals surface area contributed by atoms with E-state index in [4.69, 9.17) is 15.9 Å². The van der Waals surface area contributed by atoms with Gasteiger partial charge in [0.05, 0.1) is 19.0 Å². The molecule has 3 N–H and O–H groups in total. The maximum atomic E-state index is 11.8. The molecule has 0 aliphatic carbocycles. The Balaban J connectivity index is 3.81. The molecule has 0 atom stereocenters. The zero-order valence-electron chi connectivity index (χ0n) is 10.4. The molecule has 0 aromatic rings. The van der Waals surface area contributed by atoms with Gasteiger partial charge in [0.2, 0.25) is 0 Å². The number of methoxy groups -OCH3 is 1. The number of nitrogens with two attached hydrogens (primary N) is 1. The number of nitrogens with one attached hydrogen (secondary N) is 1. The molecule has 108 valence electrons. The van der Waals surface area contributed by atoms with Crippen molar-refractivity contribution in [2.45, 2.75) is 12.6 Å². The lowest BCUT2D eigenvalue weighted by atomic mass is 10.3. The minimum Gasteiger partial charge on any atom is -0.388 e. The molecule has 8 heteroatoms. The van der Waals surface area contributed by atoms with Crippen molar-refractivity contribution >= 4 is 5.84 Å². The number of halogens is 3. The van der Waals surface area contributed by atoms with Crippen LogP contribution in [-0.2, 0) is 9.47 Å². The number of ether oxygens (including phenoxy) is 2. The summed E-state index contributed by atoms with van der Waals surface area (Å²) in [5.41, 5.74) is 5.23. The van der Waals surface area contributed by atoms with E-state index in [0.717, 1.165) is 0 Å². The zero-order chi connectivity index (χ0) is 14.0. The summed E-state index contributed by atoms with van der Waals surface area (Å²) in [4.78, 5) is 1.85. The topological polar surface area (TPSA) is 71.6 Å². The van der Waals surface area contributed by atoms with Crippen LogP contribution in [-0.4, -0.2) is 63.5 Å². The van der Waals surface area contributed by atoms with Gasteiger partial charge in [0, 0.05) is 33.2 Å². The van der Waals surface area contributed by atoms with Crippen molar-refractivity contribution in [2.24, 2.45) is 5.73 Å². The lowest BCUT2D eigenvalue weighted by Crippen LogP contribution is -2.34. The smallest absolute Gasteiger partial charge is 0.388 e. The van der Waals surface area contributed by atoms with Gasteiger partial charge in [-0.15, -0.1) is 0 Å². The molecule has 0 unspecified atom stereocenters. The fourth-order valence-electron chi connectivity index (χ4n) is 1.22. The second-order valence-corrected chi connectivity index (χ2v) is 3.78. The van der Waals surface area contributed by atoms with Gasteiger partial charge < -0.3 is 15.2 Å². The first-order chi connectivity index (χ1) is 8.35. The van der Waals surface area contributed by atoms with Gasteiger partial charge in [0.1, 0.15) is 6.61 Å². The molecule has 0 heterocycles. The van der Waals surface area contributed by atoms with Crippen LogP contribution in [0.25, 0.3) is 0 Å². The zero-order valence-corrected chi connectivity index (χ0v) is 10.4. The molecule has 0 rings (SSSR count). The molecule has 0 bridgehead atoms. The second kappa shape index (κ2) is 9.12. The summed E-state index contributed by atoms with van der Waals surface area (Å²) in [5, 5.41) is 7.10. The summed E-state index contributed by atoms with van der Waals surface area (Å²) in [5.74, 6) is 0.0497. The molecule has 0 aliphatic rings. The average Bonchev–Trinajstić information content (AvgIpc) is 2.25. The first-order valence-corrected chi connectivity index (χ1v) is 5.54. The van der Waals surface area contributed by atoms with E-state index in [1.165, 1.54) is 0 Å². The quantitative estimate of drug-likeness (QED) is 0.351. The molecule has 5 nitrogen and oxygen atoms in total. The highest BCUT2D eigenvalue weighted by atomic mass is 19.4. The normalized spacial score (nSPS) is 12.1. The van der Waals surface area contributed by atoms with E-state index in [2.05, 4.69) is 4.74 Å². The van der Waals surface area contributed by atoms with Crippen molar-refractivity contribution in [1.29, 1.82) is 5.41 Å². The Kier molecular flexibility index (Phi) is 8.69.